The van der Waals surface area contributed by atoms with Crippen molar-refractivity contribution in [3.8, 4) is 0 Å². The molecular formula is C13H18N2O2. The fraction of sp³-hybridized carbons (Fsp3) is 0.538. The van der Waals surface area contributed by atoms with E-state index in [9.17, 15) is 9.59 Å². The third-order valence-electron chi connectivity index (χ3n) is 3.34. The van der Waals surface area contributed by atoms with Gasteiger partial charge in [-0.3, -0.25) is 9.59 Å². The van der Waals surface area contributed by atoms with E-state index in [1.807, 2.05) is 4.90 Å². The average Bonchev–Trinajstić information content (AvgIpc) is 2.53. The molecule has 2 heterocycles. The quantitative estimate of drug-likeness (QED) is 0.805. The SMILES string of the molecule is CC1CCCCCN1C(=O)c1cc[nH]c(=O)c1. The summed E-state index contributed by atoms with van der Waals surface area (Å²) in [5, 5.41) is 0. The number of carbonyl (C=O) groups is 1. The van der Waals surface area contributed by atoms with Crippen LogP contribution in [0.25, 0.3) is 0 Å². The summed E-state index contributed by atoms with van der Waals surface area (Å²) in [6.07, 6.45) is 6.00. The largest absolute Gasteiger partial charge is 0.336 e. The zero-order chi connectivity index (χ0) is 12.3. The van der Waals surface area contributed by atoms with Crippen molar-refractivity contribution < 1.29 is 4.79 Å². The second-order valence-electron chi connectivity index (χ2n) is 4.64. The van der Waals surface area contributed by atoms with Gasteiger partial charge in [-0.1, -0.05) is 12.8 Å². The third kappa shape index (κ3) is 2.75. The fourth-order valence-electron chi connectivity index (χ4n) is 2.32. The van der Waals surface area contributed by atoms with E-state index < -0.39 is 0 Å². The van der Waals surface area contributed by atoms with Crippen LogP contribution in [0.4, 0.5) is 0 Å². The van der Waals surface area contributed by atoms with Gasteiger partial charge in [0, 0.05) is 30.4 Å². The molecule has 1 aliphatic rings. The molecule has 1 N–H and O–H groups in total. The van der Waals surface area contributed by atoms with Crippen LogP contribution in [0.1, 0.15) is 43.0 Å². The molecule has 1 aromatic rings. The van der Waals surface area contributed by atoms with Crippen LogP contribution in [0, 0.1) is 0 Å². The first-order valence-corrected chi connectivity index (χ1v) is 6.18. The molecule has 1 fully saturated rings. The molecule has 1 amide bonds. The maximum atomic E-state index is 12.3. The lowest BCUT2D eigenvalue weighted by atomic mass is 10.1. The van der Waals surface area contributed by atoms with E-state index in [1.165, 1.54) is 25.1 Å². The summed E-state index contributed by atoms with van der Waals surface area (Å²) in [4.78, 5) is 27.9. The summed E-state index contributed by atoms with van der Waals surface area (Å²) in [6.45, 7) is 2.88. The summed E-state index contributed by atoms with van der Waals surface area (Å²) in [7, 11) is 0. The van der Waals surface area contributed by atoms with Crippen LogP contribution in [0.2, 0.25) is 0 Å². The first kappa shape index (κ1) is 11.9. The molecule has 0 aliphatic carbocycles. The van der Waals surface area contributed by atoms with Gasteiger partial charge < -0.3 is 9.88 Å². The highest BCUT2D eigenvalue weighted by Crippen LogP contribution is 2.18. The number of likely N-dealkylation sites (tertiary alicyclic amines) is 1. The highest BCUT2D eigenvalue weighted by molar-refractivity contribution is 5.94. The first-order valence-electron chi connectivity index (χ1n) is 6.18. The van der Waals surface area contributed by atoms with E-state index >= 15 is 0 Å². The van der Waals surface area contributed by atoms with Crippen molar-refractivity contribution in [1.82, 2.24) is 9.88 Å². The molecule has 1 saturated heterocycles. The number of pyridine rings is 1. The Hall–Kier alpha value is -1.58. The molecule has 0 saturated carbocycles. The number of nitrogens with one attached hydrogen (secondary N) is 1. The molecule has 1 unspecified atom stereocenters. The minimum absolute atomic E-state index is 0.0227. The summed E-state index contributed by atoms with van der Waals surface area (Å²) < 4.78 is 0. The minimum Gasteiger partial charge on any atom is -0.336 e. The summed E-state index contributed by atoms with van der Waals surface area (Å²) in [6, 6.07) is 3.31. The molecule has 0 spiro atoms. The monoisotopic (exact) mass is 234 g/mol. The van der Waals surface area contributed by atoms with Crippen molar-refractivity contribution in [3.05, 3.63) is 34.2 Å². The van der Waals surface area contributed by atoms with Crippen LogP contribution < -0.4 is 5.56 Å². The van der Waals surface area contributed by atoms with Crippen molar-refractivity contribution in [2.75, 3.05) is 6.54 Å². The maximum Gasteiger partial charge on any atom is 0.254 e. The van der Waals surface area contributed by atoms with E-state index in [0.717, 1.165) is 19.4 Å². The van der Waals surface area contributed by atoms with Gasteiger partial charge in [0.25, 0.3) is 5.91 Å². The van der Waals surface area contributed by atoms with Crippen LogP contribution in [0.15, 0.2) is 23.1 Å². The second kappa shape index (κ2) is 5.17. The zero-order valence-corrected chi connectivity index (χ0v) is 10.1. The molecule has 0 aromatic carbocycles. The topological polar surface area (TPSA) is 53.2 Å². The number of aromatic amines is 1. The van der Waals surface area contributed by atoms with Crippen molar-refractivity contribution in [1.29, 1.82) is 0 Å². The van der Waals surface area contributed by atoms with Gasteiger partial charge in [0.1, 0.15) is 0 Å². The zero-order valence-electron chi connectivity index (χ0n) is 10.1. The normalized spacial score (nSPS) is 21.0. The molecule has 1 atom stereocenters. The van der Waals surface area contributed by atoms with Crippen molar-refractivity contribution in [3.63, 3.8) is 0 Å². The Morgan fingerprint density at radius 3 is 3.00 bits per heavy atom. The molecular weight excluding hydrogens is 216 g/mol. The molecule has 17 heavy (non-hydrogen) atoms. The highest BCUT2D eigenvalue weighted by atomic mass is 16.2. The van der Waals surface area contributed by atoms with Crippen LogP contribution in [-0.2, 0) is 0 Å². The molecule has 4 heteroatoms. The van der Waals surface area contributed by atoms with E-state index in [4.69, 9.17) is 0 Å². The number of H-pyrrole nitrogens is 1. The molecule has 2 rings (SSSR count). The molecule has 1 aromatic heterocycles. The van der Waals surface area contributed by atoms with Gasteiger partial charge in [-0.25, -0.2) is 0 Å². The number of rotatable bonds is 1. The van der Waals surface area contributed by atoms with E-state index in [0.29, 0.717) is 5.56 Å². The smallest absolute Gasteiger partial charge is 0.254 e. The lowest BCUT2D eigenvalue weighted by molar-refractivity contribution is 0.0697. The standard InChI is InChI=1S/C13H18N2O2/c1-10-5-3-2-4-8-15(10)13(17)11-6-7-14-12(16)9-11/h6-7,9-10H,2-5,8H2,1H3,(H,14,16). The van der Waals surface area contributed by atoms with E-state index in [-0.39, 0.29) is 17.5 Å². The molecule has 0 radical (unpaired) electrons. The predicted molar refractivity (Wildman–Crippen MR) is 66.0 cm³/mol. The van der Waals surface area contributed by atoms with Crippen molar-refractivity contribution in [2.45, 2.75) is 38.6 Å². The number of aromatic nitrogens is 1. The summed E-state index contributed by atoms with van der Waals surface area (Å²) in [5.74, 6) is -0.0227. The van der Waals surface area contributed by atoms with Gasteiger partial charge in [0.15, 0.2) is 0 Å². The third-order valence-corrected chi connectivity index (χ3v) is 3.34. The Bertz CT molecular complexity index is 453. The predicted octanol–water partition coefficient (Wildman–Crippen LogP) is 1.78. The van der Waals surface area contributed by atoms with Gasteiger partial charge in [-0.15, -0.1) is 0 Å². The average molecular weight is 234 g/mol. The van der Waals surface area contributed by atoms with Crippen LogP contribution in [-0.4, -0.2) is 28.4 Å². The maximum absolute atomic E-state index is 12.3. The lowest BCUT2D eigenvalue weighted by Crippen LogP contribution is -2.38. The number of nitrogens with zero attached hydrogens (tertiary/aromatic N) is 1. The summed E-state index contributed by atoms with van der Waals surface area (Å²) >= 11 is 0. The Morgan fingerprint density at radius 1 is 1.41 bits per heavy atom. The Kier molecular flexibility index (Phi) is 3.61. The van der Waals surface area contributed by atoms with Crippen molar-refractivity contribution in [2.24, 2.45) is 0 Å². The minimum atomic E-state index is -0.224. The van der Waals surface area contributed by atoms with E-state index in [2.05, 4.69) is 11.9 Å². The van der Waals surface area contributed by atoms with Crippen LogP contribution in [0.5, 0.6) is 0 Å². The molecule has 4 nitrogen and oxygen atoms in total. The number of hydrogen-bond acceptors (Lipinski definition) is 2. The fourth-order valence-corrected chi connectivity index (χ4v) is 2.32. The first-order chi connectivity index (χ1) is 8.18. The molecule has 92 valence electrons. The van der Waals surface area contributed by atoms with Crippen LogP contribution >= 0.6 is 0 Å². The van der Waals surface area contributed by atoms with Crippen molar-refractivity contribution >= 4 is 5.91 Å². The Balaban J connectivity index is 2.21. The van der Waals surface area contributed by atoms with Gasteiger partial charge in [-0.2, -0.15) is 0 Å². The van der Waals surface area contributed by atoms with Gasteiger partial charge in [-0.05, 0) is 25.8 Å². The highest BCUT2D eigenvalue weighted by Gasteiger charge is 2.22. The summed E-state index contributed by atoms with van der Waals surface area (Å²) in [5.41, 5.74) is 0.265. The van der Waals surface area contributed by atoms with Crippen LogP contribution in [0.3, 0.4) is 0 Å². The number of carbonyl (C=O) groups excluding carboxylic acids is 1. The molecule has 0 bridgehead atoms. The Morgan fingerprint density at radius 2 is 2.24 bits per heavy atom. The van der Waals surface area contributed by atoms with Gasteiger partial charge in [0.05, 0.1) is 0 Å². The second-order valence-corrected chi connectivity index (χ2v) is 4.64. The number of amides is 1. The number of hydrogen-bond donors (Lipinski definition) is 1. The molecule has 1 aliphatic heterocycles. The van der Waals surface area contributed by atoms with Gasteiger partial charge in [0.2, 0.25) is 5.56 Å². The van der Waals surface area contributed by atoms with Gasteiger partial charge >= 0.3 is 0 Å². The Labute approximate surface area is 101 Å². The lowest BCUT2D eigenvalue weighted by Gasteiger charge is -2.27. The van der Waals surface area contributed by atoms with E-state index in [1.54, 1.807) is 6.07 Å².